The number of aromatic nitrogens is 5. The van der Waals surface area contributed by atoms with E-state index in [-0.39, 0.29) is 5.91 Å². The van der Waals surface area contributed by atoms with Gasteiger partial charge < -0.3 is 4.90 Å². The van der Waals surface area contributed by atoms with Crippen LogP contribution in [-0.2, 0) is 30.6 Å². The molecule has 1 aromatic carbocycles. The van der Waals surface area contributed by atoms with E-state index in [9.17, 15) is 4.79 Å². The van der Waals surface area contributed by atoms with Crippen molar-refractivity contribution in [2.24, 2.45) is 0 Å². The number of aryl methyl sites for hydroxylation is 2. The Labute approximate surface area is 192 Å². The van der Waals surface area contributed by atoms with Crippen molar-refractivity contribution < 1.29 is 4.79 Å². The molecule has 0 unspecified atom stereocenters. The highest BCUT2D eigenvalue weighted by Crippen LogP contribution is 2.28. The van der Waals surface area contributed by atoms with E-state index in [2.05, 4.69) is 20.4 Å². The number of carbonyl (C=O) groups excluding carboxylic acids is 1. The second kappa shape index (κ2) is 9.46. The summed E-state index contributed by atoms with van der Waals surface area (Å²) in [6.07, 6.45) is 8.97. The van der Waals surface area contributed by atoms with Crippen LogP contribution in [0.25, 0.3) is 5.69 Å². The largest absolute Gasteiger partial charge is 0.342 e. The van der Waals surface area contributed by atoms with Crippen LogP contribution in [0.1, 0.15) is 46.8 Å². The van der Waals surface area contributed by atoms with Crippen LogP contribution in [0.5, 0.6) is 0 Å². The Kier molecular flexibility index (Phi) is 6.27. The van der Waals surface area contributed by atoms with Gasteiger partial charge in [0, 0.05) is 31.1 Å². The molecule has 2 aliphatic rings. The van der Waals surface area contributed by atoms with Gasteiger partial charge in [0.25, 0.3) is 0 Å². The molecule has 0 bridgehead atoms. The normalized spacial score (nSPS) is 17.3. The Morgan fingerprint density at radius 2 is 1.94 bits per heavy atom. The van der Waals surface area contributed by atoms with E-state index in [1.807, 2.05) is 47.5 Å². The van der Waals surface area contributed by atoms with Crippen LogP contribution >= 0.6 is 11.3 Å². The molecule has 9 heteroatoms. The molecule has 3 heterocycles. The smallest absolute Gasteiger partial charge is 0.226 e. The molecule has 0 radical (unpaired) electrons. The fourth-order valence-electron chi connectivity index (χ4n) is 4.68. The quantitative estimate of drug-likeness (QED) is 0.573. The zero-order valence-electron chi connectivity index (χ0n) is 18.5. The van der Waals surface area contributed by atoms with E-state index >= 15 is 0 Å². The zero-order valence-corrected chi connectivity index (χ0v) is 19.3. The van der Waals surface area contributed by atoms with Crippen molar-refractivity contribution in [1.29, 1.82) is 0 Å². The van der Waals surface area contributed by atoms with Crippen LogP contribution in [0.15, 0.2) is 30.6 Å². The van der Waals surface area contributed by atoms with E-state index in [4.69, 9.17) is 4.98 Å². The number of hydrogen-bond acceptors (Lipinski definition) is 7. The lowest BCUT2D eigenvalue weighted by atomic mass is 10.0. The van der Waals surface area contributed by atoms with E-state index in [0.717, 1.165) is 50.1 Å². The van der Waals surface area contributed by atoms with Gasteiger partial charge in [-0.3, -0.25) is 9.69 Å². The molecule has 0 saturated carbocycles. The van der Waals surface area contributed by atoms with E-state index in [0.29, 0.717) is 12.5 Å². The molecule has 3 aromatic rings. The Morgan fingerprint density at radius 1 is 1.16 bits per heavy atom. The highest BCUT2D eigenvalue weighted by atomic mass is 32.1. The van der Waals surface area contributed by atoms with Crippen molar-refractivity contribution in [3.8, 4) is 5.69 Å². The number of rotatable bonds is 6. The molecule has 8 nitrogen and oxygen atoms in total. The number of thiazole rings is 1. The second-order valence-corrected chi connectivity index (χ2v) is 9.96. The molecule has 1 amide bonds. The van der Waals surface area contributed by atoms with E-state index in [1.165, 1.54) is 34.8 Å². The summed E-state index contributed by atoms with van der Waals surface area (Å²) < 4.78 is 1.60. The van der Waals surface area contributed by atoms with Gasteiger partial charge in [0.1, 0.15) is 11.3 Å². The predicted molar refractivity (Wildman–Crippen MR) is 123 cm³/mol. The van der Waals surface area contributed by atoms with E-state index < -0.39 is 0 Å². The molecule has 1 fully saturated rings. The average Bonchev–Trinajstić information content (AvgIpc) is 3.49. The first kappa shape index (κ1) is 21.2. The van der Waals surface area contributed by atoms with Crippen LogP contribution in [0.4, 0.5) is 0 Å². The molecule has 0 atom stereocenters. The monoisotopic (exact) mass is 451 g/mol. The Bertz CT molecular complexity index is 1020. The average molecular weight is 452 g/mol. The second-order valence-electron chi connectivity index (χ2n) is 8.79. The fourth-order valence-corrected chi connectivity index (χ4v) is 5.88. The van der Waals surface area contributed by atoms with E-state index in [1.54, 1.807) is 11.0 Å². The predicted octanol–water partition coefficient (Wildman–Crippen LogP) is 2.66. The number of nitrogens with zero attached hydrogens (tertiary/aromatic N) is 7. The van der Waals surface area contributed by atoms with Crippen LogP contribution in [0.2, 0.25) is 0 Å². The Balaban J connectivity index is 1.11. The number of amides is 1. The topological polar surface area (TPSA) is 80.0 Å². The van der Waals surface area contributed by atoms with Gasteiger partial charge in [0.05, 0.1) is 24.3 Å². The lowest BCUT2D eigenvalue weighted by Crippen LogP contribution is -2.45. The number of tetrazole rings is 1. The highest BCUT2D eigenvalue weighted by Gasteiger charge is 2.26. The third-order valence-corrected chi connectivity index (χ3v) is 7.79. The van der Waals surface area contributed by atoms with Gasteiger partial charge in [-0.05, 0) is 66.6 Å². The third-order valence-electron chi connectivity index (χ3n) is 6.65. The molecule has 2 aromatic heterocycles. The highest BCUT2D eigenvalue weighted by molar-refractivity contribution is 7.11. The number of piperidine rings is 1. The zero-order chi connectivity index (χ0) is 21.9. The molecule has 5 rings (SSSR count). The standard InChI is InChI=1S/C23H29N7OS/c1-28(23(31)14-17-6-8-19(9-7-17)30-16-24-26-27-30)18-10-12-29(13-11-18)15-22-25-20-4-2-3-5-21(20)32-22/h6-9,16,18H,2-5,10-15H2,1H3. The SMILES string of the molecule is CN(C(=O)Cc1ccc(-n2cnnn2)cc1)C1CCN(Cc2nc3c(s2)CCCC3)CC1. The summed E-state index contributed by atoms with van der Waals surface area (Å²) in [6, 6.07) is 8.13. The first-order chi connectivity index (χ1) is 15.7. The third kappa shape index (κ3) is 4.73. The van der Waals surface area contributed by atoms with Crippen molar-refractivity contribution >= 4 is 17.2 Å². The first-order valence-corrected chi connectivity index (χ1v) is 12.2. The van der Waals surface area contributed by atoms with Crippen molar-refractivity contribution in [1.82, 2.24) is 35.0 Å². The molecule has 1 aliphatic carbocycles. The maximum Gasteiger partial charge on any atom is 0.226 e. The van der Waals surface area contributed by atoms with Gasteiger partial charge in [0.2, 0.25) is 5.91 Å². The minimum absolute atomic E-state index is 0.172. The number of carbonyl (C=O) groups is 1. The van der Waals surface area contributed by atoms with Gasteiger partial charge in [-0.1, -0.05) is 12.1 Å². The lowest BCUT2D eigenvalue weighted by molar-refractivity contribution is -0.132. The Hall–Kier alpha value is -2.65. The molecular weight excluding hydrogens is 422 g/mol. The molecule has 32 heavy (non-hydrogen) atoms. The van der Waals surface area contributed by atoms with Gasteiger partial charge in [-0.15, -0.1) is 16.4 Å². The van der Waals surface area contributed by atoms with Gasteiger partial charge in [-0.2, -0.15) is 0 Å². The summed E-state index contributed by atoms with van der Waals surface area (Å²) in [7, 11) is 1.95. The minimum Gasteiger partial charge on any atom is -0.342 e. The maximum absolute atomic E-state index is 12.9. The van der Waals surface area contributed by atoms with Gasteiger partial charge >= 0.3 is 0 Å². The molecule has 0 N–H and O–H groups in total. The number of hydrogen-bond donors (Lipinski definition) is 0. The van der Waals surface area contributed by atoms with Crippen LogP contribution in [0.3, 0.4) is 0 Å². The fraction of sp³-hybridized carbons (Fsp3) is 0.522. The number of benzene rings is 1. The Morgan fingerprint density at radius 3 is 2.66 bits per heavy atom. The molecule has 168 valence electrons. The summed E-state index contributed by atoms with van der Waals surface area (Å²) in [5.74, 6) is 0.172. The summed E-state index contributed by atoms with van der Waals surface area (Å²) in [5, 5.41) is 12.5. The van der Waals surface area contributed by atoms with Crippen molar-refractivity contribution in [2.75, 3.05) is 20.1 Å². The molecule has 1 saturated heterocycles. The minimum atomic E-state index is 0.172. The summed E-state index contributed by atoms with van der Waals surface area (Å²) in [6.45, 7) is 3.00. The number of fused-ring (bicyclic) bond motifs is 1. The van der Waals surface area contributed by atoms with Gasteiger partial charge in [0.15, 0.2) is 0 Å². The van der Waals surface area contributed by atoms with Crippen molar-refractivity contribution in [3.63, 3.8) is 0 Å². The van der Waals surface area contributed by atoms with Crippen molar-refractivity contribution in [2.45, 2.75) is 57.5 Å². The van der Waals surface area contributed by atoms with Gasteiger partial charge in [-0.25, -0.2) is 9.67 Å². The lowest BCUT2D eigenvalue weighted by Gasteiger charge is -2.36. The van der Waals surface area contributed by atoms with Crippen LogP contribution in [-0.4, -0.2) is 67.1 Å². The van der Waals surface area contributed by atoms with Crippen LogP contribution in [0, 0.1) is 0 Å². The van der Waals surface area contributed by atoms with Crippen molar-refractivity contribution in [3.05, 3.63) is 51.7 Å². The summed E-state index contributed by atoms with van der Waals surface area (Å²) >= 11 is 1.91. The number of likely N-dealkylation sites (N-methyl/N-ethyl adjacent to an activating group) is 1. The molecule has 1 aliphatic heterocycles. The molecule has 0 spiro atoms. The summed E-state index contributed by atoms with van der Waals surface area (Å²) in [5.41, 5.74) is 3.24. The molecular formula is C23H29N7OS. The number of likely N-dealkylation sites (tertiary alicyclic amines) is 1. The van der Waals surface area contributed by atoms with Crippen LogP contribution < -0.4 is 0 Å². The first-order valence-electron chi connectivity index (χ1n) is 11.4. The summed E-state index contributed by atoms with van der Waals surface area (Å²) in [4.78, 5) is 23.7. The maximum atomic E-state index is 12.9.